The lowest BCUT2D eigenvalue weighted by atomic mass is 10.1. The Hall–Kier alpha value is -3.22. The smallest absolute Gasteiger partial charge is 0.270 e. The van der Waals surface area contributed by atoms with Gasteiger partial charge in [-0.25, -0.2) is 0 Å². The molecule has 1 N–H and O–H groups in total. The van der Waals surface area contributed by atoms with E-state index in [2.05, 4.69) is 10.3 Å². The molecule has 0 unspecified atom stereocenters. The number of aliphatic imine (C=N–C) groups is 1. The number of benzene rings is 2. The Morgan fingerprint density at radius 1 is 1.30 bits per heavy atom. The zero-order valence-electron chi connectivity index (χ0n) is 12.6. The van der Waals surface area contributed by atoms with Crippen LogP contribution in [0.2, 0.25) is 0 Å². The van der Waals surface area contributed by atoms with Crippen LogP contribution in [0.25, 0.3) is 0 Å². The fraction of sp³-hybridized carbons (Fsp3) is 0.125. The van der Waals surface area contributed by atoms with Crippen LogP contribution in [0, 0.1) is 17.0 Å². The number of amides is 1. The summed E-state index contributed by atoms with van der Waals surface area (Å²) in [5.74, 6) is -0.514. The van der Waals surface area contributed by atoms with Crippen molar-refractivity contribution in [3.63, 3.8) is 0 Å². The molecule has 0 atom stereocenters. The number of hydrogen-bond acceptors (Lipinski definition) is 5. The summed E-state index contributed by atoms with van der Waals surface area (Å²) in [5.41, 5.74) is 1.36. The van der Waals surface area contributed by atoms with E-state index < -0.39 is 4.92 Å². The molecule has 1 amide bonds. The van der Waals surface area contributed by atoms with Crippen LogP contribution in [-0.4, -0.2) is 17.0 Å². The summed E-state index contributed by atoms with van der Waals surface area (Å²) in [6, 6.07) is 9.16. The molecule has 2 aromatic rings. The Morgan fingerprint density at radius 3 is 2.70 bits per heavy atom. The first kappa shape index (κ1) is 16.2. The monoisotopic (exact) mass is 312 g/mol. The summed E-state index contributed by atoms with van der Waals surface area (Å²) in [6.07, 6.45) is 1.29. The van der Waals surface area contributed by atoms with E-state index in [0.29, 0.717) is 11.4 Å². The van der Waals surface area contributed by atoms with Gasteiger partial charge in [-0.05, 0) is 30.7 Å². The number of nitro groups is 1. The summed E-state index contributed by atoms with van der Waals surface area (Å²) in [7, 11) is 0. The Labute approximate surface area is 132 Å². The molecule has 0 aliphatic rings. The summed E-state index contributed by atoms with van der Waals surface area (Å²) >= 11 is 0. The lowest BCUT2D eigenvalue weighted by Crippen LogP contribution is -2.05. The van der Waals surface area contributed by atoms with E-state index in [4.69, 9.17) is 0 Å². The highest BCUT2D eigenvalue weighted by Crippen LogP contribution is 2.25. The van der Waals surface area contributed by atoms with Gasteiger partial charge in [0.05, 0.1) is 10.6 Å². The third kappa shape index (κ3) is 4.13. The van der Waals surface area contributed by atoms with Crippen molar-refractivity contribution in [3.05, 3.63) is 57.6 Å². The fourth-order valence-electron chi connectivity index (χ4n) is 1.99. The number of rotatable bonds is 4. The van der Waals surface area contributed by atoms with Crippen molar-refractivity contribution in [1.29, 1.82) is 0 Å². The minimum atomic E-state index is -0.554. The molecule has 23 heavy (non-hydrogen) atoms. The van der Waals surface area contributed by atoms with Crippen molar-refractivity contribution in [2.45, 2.75) is 13.8 Å². The predicted octanol–water partition coefficient (Wildman–Crippen LogP) is 2.69. The third-order valence-corrected chi connectivity index (χ3v) is 3.02. The Morgan fingerprint density at radius 2 is 2.04 bits per heavy atom. The Kier molecular flexibility index (Phi) is 4.70. The average molecular weight is 312 g/mol. The van der Waals surface area contributed by atoms with Gasteiger partial charge in [0.25, 0.3) is 5.69 Å². The normalized spacial score (nSPS) is 10.7. The van der Waals surface area contributed by atoms with Gasteiger partial charge in [-0.15, -0.1) is 0 Å². The zero-order chi connectivity index (χ0) is 17.0. The fourth-order valence-corrected chi connectivity index (χ4v) is 1.99. The maximum atomic E-state index is 12.0. The molecule has 0 saturated heterocycles. The number of nitro benzene ring substituents is 1. The highest BCUT2D eigenvalue weighted by atomic mass is 16.6. The average Bonchev–Trinajstić information content (AvgIpc) is 2.48. The number of hydrogen-bond donors (Lipinski definition) is 1. The second-order valence-electron chi connectivity index (χ2n) is 4.93. The molecule has 2 aromatic carbocycles. The molecule has 0 spiro atoms. The van der Waals surface area contributed by atoms with E-state index >= 15 is 0 Å². The molecule has 0 saturated carbocycles. The summed E-state index contributed by atoms with van der Waals surface area (Å²) < 4.78 is 0. The number of non-ortho nitro benzene ring substituents is 1. The molecule has 7 heteroatoms. The first-order chi connectivity index (χ1) is 10.9. The van der Waals surface area contributed by atoms with Crippen molar-refractivity contribution in [2.75, 3.05) is 5.32 Å². The Bertz CT molecular complexity index is 800. The van der Waals surface area contributed by atoms with Crippen LogP contribution in [0.3, 0.4) is 0 Å². The van der Waals surface area contributed by atoms with Crippen molar-refractivity contribution >= 4 is 29.2 Å². The van der Waals surface area contributed by atoms with E-state index in [1.807, 2.05) is 0 Å². The minimum Gasteiger partial charge on any atom is -0.872 e. The summed E-state index contributed by atoms with van der Waals surface area (Å²) in [5, 5.41) is 25.5. The summed E-state index contributed by atoms with van der Waals surface area (Å²) in [4.78, 5) is 25.5. The second kappa shape index (κ2) is 6.69. The third-order valence-electron chi connectivity index (χ3n) is 3.02. The van der Waals surface area contributed by atoms with Crippen molar-refractivity contribution < 1.29 is 14.8 Å². The van der Waals surface area contributed by atoms with Crippen LogP contribution in [0.15, 0.2) is 41.4 Å². The zero-order valence-corrected chi connectivity index (χ0v) is 12.6. The molecule has 0 aromatic heterocycles. The molecule has 0 aliphatic heterocycles. The lowest BCUT2D eigenvalue weighted by Gasteiger charge is -2.13. The molecule has 0 aliphatic carbocycles. The highest BCUT2D eigenvalue weighted by Gasteiger charge is 2.08. The van der Waals surface area contributed by atoms with Gasteiger partial charge >= 0.3 is 0 Å². The molecule has 0 bridgehead atoms. The van der Waals surface area contributed by atoms with Crippen LogP contribution >= 0.6 is 0 Å². The Balaban J connectivity index is 2.33. The molecule has 0 fully saturated rings. The molecule has 118 valence electrons. The SMILES string of the molecule is CC(=O)Nc1cccc(N=Cc2cc([N+](=O)[O-])cc(C)c2[O-])c1. The standard InChI is InChI=1S/C16H15N3O4/c1-10-6-15(19(22)23)7-12(16(10)21)9-17-13-4-3-5-14(8-13)18-11(2)20/h3-9,21H,1-2H3,(H,18,20)/p-1. The van der Waals surface area contributed by atoms with Crippen LogP contribution in [0.4, 0.5) is 17.1 Å². The van der Waals surface area contributed by atoms with Gasteiger partial charge in [-0.3, -0.25) is 19.9 Å². The predicted molar refractivity (Wildman–Crippen MR) is 85.3 cm³/mol. The number of carbonyl (C=O) groups excluding carboxylic acids is 1. The first-order valence-corrected chi connectivity index (χ1v) is 6.74. The van der Waals surface area contributed by atoms with Gasteiger partial charge in [0.15, 0.2) is 0 Å². The lowest BCUT2D eigenvalue weighted by molar-refractivity contribution is -0.385. The first-order valence-electron chi connectivity index (χ1n) is 6.74. The maximum Gasteiger partial charge on any atom is 0.270 e. The number of carbonyl (C=O) groups is 1. The van der Waals surface area contributed by atoms with Crippen LogP contribution in [-0.2, 0) is 4.79 Å². The van der Waals surface area contributed by atoms with E-state index in [9.17, 15) is 20.0 Å². The van der Waals surface area contributed by atoms with Crippen LogP contribution < -0.4 is 10.4 Å². The maximum absolute atomic E-state index is 12.0. The van der Waals surface area contributed by atoms with Gasteiger partial charge in [0.2, 0.25) is 5.91 Å². The molecular formula is C16H14N3O4-. The van der Waals surface area contributed by atoms with E-state index in [0.717, 1.165) is 0 Å². The van der Waals surface area contributed by atoms with E-state index in [1.165, 1.54) is 32.2 Å². The largest absolute Gasteiger partial charge is 0.872 e. The van der Waals surface area contributed by atoms with E-state index in [1.54, 1.807) is 24.3 Å². The van der Waals surface area contributed by atoms with E-state index in [-0.39, 0.29) is 28.5 Å². The molecule has 0 heterocycles. The van der Waals surface area contributed by atoms with Crippen molar-refractivity contribution in [3.8, 4) is 5.75 Å². The van der Waals surface area contributed by atoms with Crippen molar-refractivity contribution in [2.24, 2.45) is 4.99 Å². The molecule has 0 radical (unpaired) electrons. The van der Waals surface area contributed by atoms with Gasteiger partial charge in [0, 0.05) is 31.0 Å². The molecular weight excluding hydrogens is 298 g/mol. The number of aryl methyl sites for hydroxylation is 1. The number of nitrogens with one attached hydrogen (secondary N) is 1. The number of nitrogens with zero attached hydrogens (tertiary/aromatic N) is 2. The number of anilines is 1. The second-order valence-corrected chi connectivity index (χ2v) is 4.93. The molecule has 2 rings (SSSR count). The minimum absolute atomic E-state index is 0.140. The topological polar surface area (TPSA) is 108 Å². The highest BCUT2D eigenvalue weighted by molar-refractivity contribution is 5.90. The van der Waals surface area contributed by atoms with Crippen LogP contribution in [0.1, 0.15) is 18.1 Å². The molecule has 7 nitrogen and oxygen atoms in total. The van der Waals surface area contributed by atoms with Crippen molar-refractivity contribution in [1.82, 2.24) is 0 Å². The van der Waals surface area contributed by atoms with Gasteiger partial charge in [-0.2, -0.15) is 0 Å². The van der Waals surface area contributed by atoms with Gasteiger partial charge < -0.3 is 10.4 Å². The van der Waals surface area contributed by atoms with Gasteiger partial charge in [-0.1, -0.05) is 17.4 Å². The quantitative estimate of drug-likeness (QED) is 0.532. The van der Waals surface area contributed by atoms with Crippen LogP contribution in [0.5, 0.6) is 5.75 Å². The van der Waals surface area contributed by atoms with Gasteiger partial charge in [0.1, 0.15) is 0 Å². The summed E-state index contributed by atoms with van der Waals surface area (Å²) in [6.45, 7) is 2.91.